The lowest BCUT2D eigenvalue weighted by molar-refractivity contribution is 0.415. The number of pyridine rings is 1. The van der Waals surface area contributed by atoms with Gasteiger partial charge in [0, 0.05) is 15.8 Å². The van der Waals surface area contributed by atoms with E-state index in [9.17, 15) is 9.18 Å². The van der Waals surface area contributed by atoms with Crippen molar-refractivity contribution < 1.29 is 9.13 Å². The quantitative estimate of drug-likeness (QED) is 0.511. The first-order valence-corrected chi connectivity index (χ1v) is 9.20. The fraction of sp³-hybridized carbons (Fsp3) is 0.0455. The van der Waals surface area contributed by atoms with Crippen molar-refractivity contribution in [3.05, 3.63) is 88.8 Å². The van der Waals surface area contributed by atoms with Crippen LogP contribution in [0.3, 0.4) is 0 Å². The summed E-state index contributed by atoms with van der Waals surface area (Å²) in [4.78, 5) is 17.9. The number of rotatable bonds is 4. The monoisotopic (exact) mass is 377 g/mol. The van der Waals surface area contributed by atoms with Crippen molar-refractivity contribution in [2.75, 3.05) is 7.11 Å². The van der Waals surface area contributed by atoms with Crippen LogP contribution in [0.5, 0.6) is 5.75 Å². The zero-order chi connectivity index (χ0) is 18.8. The molecule has 0 fully saturated rings. The third-order valence-corrected chi connectivity index (χ3v) is 5.38. The number of H-pyrrole nitrogens is 1. The Kier molecular flexibility index (Phi) is 4.69. The van der Waals surface area contributed by atoms with E-state index in [1.807, 2.05) is 42.5 Å². The van der Waals surface area contributed by atoms with Crippen LogP contribution >= 0.6 is 11.8 Å². The largest absolute Gasteiger partial charge is 0.497 e. The summed E-state index contributed by atoms with van der Waals surface area (Å²) in [6.07, 6.45) is 0. The van der Waals surface area contributed by atoms with E-state index in [2.05, 4.69) is 4.98 Å². The highest BCUT2D eigenvalue weighted by molar-refractivity contribution is 7.99. The molecule has 0 bridgehead atoms. The highest BCUT2D eigenvalue weighted by Gasteiger charge is 2.15. The summed E-state index contributed by atoms with van der Waals surface area (Å²) >= 11 is 1.33. The molecule has 27 heavy (non-hydrogen) atoms. The van der Waals surface area contributed by atoms with Gasteiger partial charge in [0.2, 0.25) is 5.43 Å². The number of ether oxygens (including phenoxy) is 1. The van der Waals surface area contributed by atoms with Gasteiger partial charge in [-0.15, -0.1) is 0 Å². The summed E-state index contributed by atoms with van der Waals surface area (Å²) in [6.45, 7) is 0. The van der Waals surface area contributed by atoms with Gasteiger partial charge in [0.1, 0.15) is 11.6 Å². The van der Waals surface area contributed by atoms with E-state index < -0.39 is 0 Å². The Labute approximate surface area is 159 Å². The molecular formula is C22H16FNO2S. The van der Waals surface area contributed by atoms with E-state index in [1.165, 1.54) is 23.9 Å². The molecule has 3 aromatic carbocycles. The SMILES string of the molecule is COc1ccc(-c2[nH]c3ccccc3c(=O)c2Sc2ccc(F)cc2)cc1. The Hall–Kier alpha value is -3.05. The number of methoxy groups -OCH3 is 1. The van der Waals surface area contributed by atoms with Crippen LogP contribution in [0.15, 0.2) is 87.4 Å². The molecule has 3 nitrogen and oxygen atoms in total. The van der Waals surface area contributed by atoms with Gasteiger partial charge in [-0.1, -0.05) is 23.9 Å². The molecule has 1 aromatic heterocycles. The van der Waals surface area contributed by atoms with Gasteiger partial charge in [-0.2, -0.15) is 0 Å². The lowest BCUT2D eigenvalue weighted by atomic mass is 10.1. The maximum atomic E-state index is 13.2. The van der Waals surface area contributed by atoms with E-state index in [0.717, 1.165) is 27.4 Å². The molecule has 0 unspecified atom stereocenters. The number of aromatic nitrogens is 1. The predicted octanol–water partition coefficient (Wildman–Crippen LogP) is 5.49. The molecule has 0 aliphatic rings. The topological polar surface area (TPSA) is 42.1 Å². The van der Waals surface area contributed by atoms with E-state index in [4.69, 9.17) is 4.74 Å². The average molecular weight is 377 g/mol. The van der Waals surface area contributed by atoms with Crippen LogP contribution in [0, 0.1) is 5.82 Å². The summed E-state index contributed by atoms with van der Waals surface area (Å²) in [6, 6.07) is 21.1. The number of hydrogen-bond acceptors (Lipinski definition) is 3. The average Bonchev–Trinajstić information content (AvgIpc) is 2.71. The normalized spacial score (nSPS) is 10.9. The number of halogens is 1. The van der Waals surface area contributed by atoms with Crippen molar-refractivity contribution in [3.8, 4) is 17.0 Å². The first kappa shape index (κ1) is 17.4. The van der Waals surface area contributed by atoms with E-state index >= 15 is 0 Å². The molecule has 4 rings (SSSR count). The summed E-state index contributed by atoms with van der Waals surface area (Å²) < 4.78 is 18.5. The number of benzene rings is 3. The second kappa shape index (κ2) is 7.29. The molecule has 5 heteroatoms. The van der Waals surface area contributed by atoms with Gasteiger partial charge in [0.25, 0.3) is 0 Å². The molecule has 0 saturated heterocycles. The molecule has 0 amide bonds. The Morgan fingerprint density at radius 3 is 2.33 bits per heavy atom. The lowest BCUT2D eigenvalue weighted by Gasteiger charge is -2.12. The van der Waals surface area contributed by atoms with Gasteiger partial charge in [-0.25, -0.2) is 4.39 Å². The summed E-state index contributed by atoms with van der Waals surface area (Å²) in [5, 5.41) is 0.624. The van der Waals surface area contributed by atoms with Crippen molar-refractivity contribution in [1.82, 2.24) is 4.98 Å². The molecule has 0 spiro atoms. The van der Waals surface area contributed by atoms with Crippen LogP contribution in [-0.2, 0) is 0 Å². The molecule has 0 saturated carbocycles. The maximum Gasteiger partial charge on any atom is 0.203 e. The lowest BCUT2D eigenvalue weighted by Crippen LogP contribution is -2.08. The highest BCUT2D eigenvalue weighted by atomic mass is 32.2. The molecule has 0 radical (unpaired) electrons. The fourth-order valence-corrected chi connectivity index (χ4v) is 3.88. The first-order chi connectivity index (χ1) is 13.2. The van der Waals surface area contributed by atoms with Crippen molar-refractivity contribution in [3.63, 3.8) is 0 Å². The van der Waals surface area contributed by atoms with Gasteiger partial charge < -0.3 is 9.72 Å². The molecule has 0 atom stereocenters. The van der Waals surface area contributed by atoms with Gasteiger partial charge in [0.05, 0.1) is 17.7 Å². The van der Waals surface area contributed by atoms with Crippen LogP contribution in [0.25, 0.3) is 22.2 Å². The molecule has 0 aliphatic carbocycles. The summed E-state index contributed by atoms with van der Waals surface area (Å²) in [5.41, 5.74) is 2.33. The zero-order valence-electron chi connectivity index (χ0n) is 14.5. The van der Waals surface area contributed by atoms with Crippen LogP contribution < -0.4 is 10.2 Å². The van der Waals surface area contributed by atoms with Crippen LogP contribution in [0.4, 0.5) is 4.39 Å². The molecule has 1 N–H and O–H groups in total. The van der Waals surface area contributed by atoms with Crippen molar-refractivity contribution in [1.29, 1.82) is 0 Å². The van der Waals surface area contributed by atoms with E-state index in [1.54, 1.807) is 25.3 Å². The molecular weight excluding hydrogens is 361 g/mol. The van der Waals surface area contributed by atoms with Crippen LogP contribution in [0.2, 0.25) is 0 Å². The third-order valence-electron chi connectivity index (χ3n) is 4.28. The molecule has 4 aromatic rings. The molecule has 1 heterocycles. The van der Waals surface area contributed by atoms with Crippen molar-refractivity contribution in [2.45, 2.75) is 9.79 Å². The second-order valence-electron chi connectivity index (χ2n) is 5.99. The third kappa shape index (κ3) is 3.46. The van der Waals surface area contributed by atoms with Crippen LogP contribution in [-0.4, -0.2) is 12.1 Å². The second-order valence-corrected chi connectivity index (χ2v) is 7.07. The number of para-hydroxylation sites is 1. The minimum Gasteiger partial charge on any atom is -0.497 e. The van der Waals surface area contributed by atoms with Gasteiger partial charge in [-0.3, -0.25) is 4.79 Å². The smallest absolute Gasteiger partial charge is 0.203 e. The van der Waals surface area contributed by atoms with Crippen molar-refractivity contribution >= 4 is 22.7 Å². The first-order valence-electron chi connectivity index (χ1n) is 8.38. The Morgan fingerprint density at radius 2 is 1.63 bits per heavy atom. The number of hydrogen-bond donors (Lipinski definition) is 1. The predicted molar refractivity (Wildman–Crippen MR) is 107 cm³/mol. The van der Waals surface area contributed by atoms with Crippen LogP contribution in [0.1, 0.15) is 0 Å². The Balaban J connectivity index is 1.91. The van der Waals surface area contributed by atoms with Gasteiger partial charge in [-0.05, 0) is 66.2 Å². The van der Waals surface area contributed by atoms with Gasteiger partial charge in [0.15, 0.2) is 0 Å². The maximum absolute atomic E-state index is 13.2. The molecule has 134 valence electrons. The van der Waals surface area contributed by atoms with Gasteiger partial charge >= 0.3 is 0 Å². The highest BCUT2D eigenvalue weighted by Crippen LogP contribution is 2.34. The minimum atomic E-state index is -0.304. The number of nitrogens with one attached hydrogen (secondary N) is 1. The Morgan fingerprint density at radius 1 is 0.926 bits per heavy atom. The fourth-order valence-electron chi connectivity index (χ4n) is 2.90. The van der Waals surface area contributed by atoms with E-state index in [0.29, 0.717) is 10.3 Å². The number of fused-ring (bicyclic) bond motifs is 1. The zero-order valence-corrected chi connectivity index (χ0v) is 15.3. The minimum absolute atomic E-state index is 0.0514. The Bertz CT molecular complexity index is 1150. The number of aromatic amines is 1. The van der Waals surface area contributed by atoms with Crippen molar-refractivity contribution in [2.24, 2.45) is 0 Å². The summed E-state index contributed by atoms with van der Waals surface area (Å²) in [5.74, 6) is 0.441. The standard InChI is InChI=1S/C22H16FNO2S/c1-26-16-10-6-14(7-11-16)20-22(27-17-12-8-15(23)9-13-17)21(25)18-4-2-3-5-19(18)24-20/h2-13H,1H3,(H,24,25). The summed E-state index contributed by atoms with van der Waals surface area (Å²) in [7, 11) is 1.61. The molecule has 0 aliphatic heterocycles. The van der Waals surface area contributed by atoms with E-state index in [-0.39, 0.29) is 11.2 Å².